The Bertz CT molecular complexity index is 566. The topological polar surface area (TPSA) is 72.7 Å². The van der Waals surface area contributed by atoms with Crippen LogP contribution in [-0.4, -0.2) is 32.1 Å². The van der Waals surface area contributed by atoms with Crippen LogP contribution in [0, 0.1) is 0 Å². The summed E-state index contributed by atoms with van der Waals surface area (Å²) in [7, 11) is 0. The van der Waals surface area contributed by atoms with Crippen molar-refractivity contribution in [3.8, 4) is 0 Å². The van der Waals surface area contributed by atoms with Crippen molar-refractivity contribution >= 4 is 11.6 Å². The normalized spacial score (nSPS) is 11.3. The Morgan fingerprint density at radius 3 is 2.74 bits per heavy atom. The zero-order valence-electron chi connectivity index (χ0n) is 9.42. The average molecular weight is 271 g/mol. The first-order valence-corrected chi connectivity index (χ1v) is 5.11. The molecule has 0 unspecified atom stereocenters. The largest absolute Gasteiger partial charge is 0.408 e. The van der Waals surface area contributed by atoms with Crippen LogP contribution in [0.1, 0.15) is 10.4 Å². The second-order valence-electron chi connectivity index (χ2n) is 3.63. The maximum Gasteiger partial charge on any atom is 0.408 e. The summed E-state index contributed by atoms with van der Waals surface area (Å²) in [6.45, 7) is -1.21. The lowest BCUT2D eigenvalue weighted by Gasteiger charge is -2.05. The Hall–Kier alpha value is -2.45. The Balaban J connectivity index is 2.03. The van der Waals surface area contributed by atoms with Gasteiger partial charge < -0.3 is 5.32 Å². The zero-order chi connectivity index (χ0) is 13.9. The molecule has 0 saturated carbocycles. The molecule has 2 heterocycles. The highest BCUT2D eigenvalue weighted by molar-refractivity contribution is 6.03. The van der Waals surface area contributed by atoms with Gasteiger partial charge in [0.25, 0.3) is 5.91 Å². The molecule has 100 valence electrons. The van der Waals surface area contributed by atoms with E-state index < -0.39 is 18.6 Å². The van der Waals surface area contributed by atoms with E-state index in [1.807, 2.05) is 0 Å². The molecule has 1 N–H and O–H groups in total. The van der Waals surface area contributed by atoms with Gasteiger partial charge in [0.1, 0.15) is 6.54 Å². The van der Waals surface area contributed by atoms with Gasteiger partial charge in [-0.15, -0.1) is 0 Å². The van der Waals surface area contributed by atoms with Crippen molar-refractivity contribution in [2.45, 2.75) is 12.7 Å². The van der Waals surface area contributed by atoms with Crippen LogP contribution >= 0.6 is 0 Å². The summed E-state index contributed by atoms with van der Waals surface area (Å²) in [5.41, 5.74) is 0.421. The lowest BCUT2D eigenvalue weighted by molar-refractivity contribution is -0.142. The molecule has 2 rings (SSSR count). The number of alkyl halides is 3. The highest BCUT2D eigenvalue weighted by Crippen LogP contribution is 2.18. The Kier molecular flexibility index (Phi) is 3.45. The molecule has 0 fully saturated rings. The predicted octanol–water partition coefficient (Wildman–Crippen LogP) is 1.49. The third-order valence-electron chi connectivity index (χ3n) is 2.08. The van der Waals surface area contributed by atoms with Gasteiger partial charge in [-0.2, -0.15) is 28.5 Å². The van der Waals surface area contributed by atoms with Crippen molar-refractivity contribution in [2.24, 2.45) is 0 Å². The number of carbonyl (C=O) groups excluding carboxylic acids is 1. The van der Waals surface area contributed by atoms with Crippen LogP contribution in [0.2, 0.25) is 0 Å². The molecule has 2 aromatic heterocycles. The van der Waals surface area contributed by atoms with Crippen molar-refractivity contribution in [3.63, 3.8) is 0 Å². The summed E-state index contributed by atoms with van der Waals surface area (Å²) >= 11 is 0. The van der Waals surface area contributed by atoms with Crippen LogP contribution < -0.4 is 5.32 Å². The summed E-state index contributed by atoms with van der Waals surface area (Å²) in [5.74, 6) is -0.499. The van der Waals surface area contributed by atoms with Gasteiger partial charge in [0.2, 0.25) is 0 Å². The number of aromatic nitrogens is 4. The molecule has 0 bridgehead atoms. The number of hydrogen-bond donors (Lipinski definition) is 1. The van der Waals surface area contributed by atoms with Gasteiger partial charge in [0, 0.05) is 6.20 Å². The molecule has 0 saturated heterocycles. The molecule has 0 aliphatic carbocycles. The molecule has 9 heteroatoms. The first-order chi connectivity index (χ1) is 8.94. The molecule has 0 radical (unpaired) electrons. The van der Waals surface area contributed by atoms with Crippen molar-refractivity contribution in [3.05, 3.63) is 36.4 Å². The number of nitrogens with one attached hydrogen (secondary N) is 1. The molecular formula is C10H8F3N5O. The van der Waals surface area contributed by atoms with Crippen molar-refractivity contribution in [1.29, 1.82) is 0 Å². The van der Waals surface area contributed by atoms with Gasteiger partial charge in [-0.25, -0.2) is 0 Å². The van der Waals surface area contributed by atoms with E-state index in [4.69, 9.17) is 0 Å². The van der Waals surface area contributed by atoms with Crippen molar-refractivity contribution in [1.82, 2.24) is 20.0 Å². The minimum atomic E-state index is -4.36. The number of rotatable bonds is 3. The lowest BCUT2D eigenvalue weighted by atomic mass is 10.3. The van der Waals surface area contributed by atoms with Crippen molar-refractivity contribution < 1.29 is 18.0 Å². The molecule has 0 spiro atoms. The van der Waals surface area contributed by atoms with Gasteiger partial charge in [-0.05, 0) is 6.07 Å². The number of hydrogen-bond acceptors (Lipinski definition) is 4. The number of anilines is 1. The van der Waals surface area contributed by atoms with E-state index in [1.165, 1.54) is 18.5 Å². The number of halogens is 3. The molecule has 0 aliphatic heterocycles. The minimum absolute atomic E-state index is 0.172. The average Bonchev–Trinajstić information content (AvgIpc) is 2.75. The second kappa shape index (κ2) is 5.04. The maximum atomic E-state index is 12.1. The van der Waals surface area contributed by atoms with Crippen LogP contribution in [-0.2, 0) is 6.54 Å². The maximum absolute atomic E-state index is 12.1. The van der Waals surface area contributed by atoms with Gasteiger partial charge in [-0.3, -0.25) is 9.48 Å². The summed E-state index contributed by atoms with van der Waals surface area (Å²) in [6, 6.07) is 1.43. The SMILES string of the molecule is O=C(Nc1cnn(CC(F)(F)F)c1)c1ccnnc1. The van der Waals surface area contributed by atoms with Crippen LogP contribution in [0.25, 0.3) is 0 Å². The monoisotopic (exact) mass is 271 g/mol. The van der Waals surface area contributed by atoms with Crippen molar-refractivity contribution in [2.75, 3.05) is 5.32 Å². The van der Waals surface area contributed by atoms with E-state index in [0.717, 1.165) is 12.4 Å². The van der Waals surface area contributed by atoms with E-state index >= 15 is 0 Å². The Labute approximate surface area is 105 Å². The molecule has 2 aromatic rings. The van der Waals surface area contributed by atoms with Crippen LogP contribution in [0.3, 0.4) is 0 Å². The number of nitrogens with zero attached hydrogens (tertiary/aromatic N) is 4. The van der Waals surface area contributed by atoms with Gasteiger partial charge in [-0.1, -0.05) is 0 Å². The zero-order valence-corrected chi connectivity index (χ0v) is 9.42. The summed E-state index contributed by atoms with van der Waals surface area (Å²) in [5, 5.41) is 12.9. The standard InChI is InChI=1S/C10H8F3N5O/c11-10(12,13)6-18-5-8(4-16-18)17-9(19)7-1-2-14-15-3-7/h1-5H,6H2,(H,17,19). The minimum Gasteiger partial charge on any atom is -0.319 e. The molecule has 1 amide bonds. The van der Waals surface area contributed by atoms with E-state index in [0.29, 0.717) is 4.68 Å². The Morgan fingerprint density at radius 2 is 2.11 bits per heavy atom. The third kappa shape index (κ3) is 3.76. The molecule has 6 nitrogen and oxygen atoms in total. The first-order valence-electron chi connectivity index (χ1n) is 5.11. The van der Waals surface area contributed by atoms with Crippen LogP contribution in [0.4, 0.5) is 18.9 Å². The summed E-state index contributed by atoms with van der Waals surface area (Å²) in [6.07, 6.45) is 0.456. The molecule has 19 heavy (non-hydrogen) atoms. The van der Waals surface area contributed by atoms with Crippen LogP contribution in [0.15, 0.2) is 30.9 Å². The fourth-order valence-electron chi connectivity index (χ4n) is 1.33. The molecule has 0 aromatic carbocycles. The number of carbonyl (C=O) groups is 1. The predicted molar refractivity (Wildman–Crippen MR) is 58.3 cm³/mol. The van der Waals surface area contributed by atoms with E-state index in [-0.39, 0.29) is 11.3 Å². The summed E-state index contributed by atoms with van der Waals surface area (Å²) in [4.78, 5) is 11.7. The highest BCUT2D eigenvalue weighted by Gasteiger charge is 2.28. The van der Waals surface area contributed by atoms with Gasteiger partial charge in [0.05, 0.1) is 29.8 Å². The van der Waals surface area contributed by atoms with Crippen LogP contribution in [0.5, 0.6) is 0 Å². The number of amides is 1. The summed E-state index contributed by atoms with van der Waals surface area (Å²) < 4.78 is 37.0. The molecule has 0 aliphatic rings. The lowest BCUT2D eigenvalue weighted by Crippen LogP contribution is -2.18. The van der Waals surface area contributed by atoms with Gasteiger partial charge in [0.15, 0.2) is 0 Å². The van der Waals surface area contributed by atoms with Gasteiger partial charge >= 0.3 is 6.18 Å². The highest BCUT2D eigenvalue weighted by atomic mass is 19.4. The van der Waals surface area contributed by atoms with E-state index in [1.54, 1.807) is 0 Å². The second-order valence-corrected chi connectivity index (χ2v) is 3.63. The Morgan fingerprint density at radius 1 is 1.32 bits per heavy atom. The van der Waals surface area contributed by atoms with E-state index in [9.17, 15) is 18.0 Å². The fraction of sp³-hybridized carbons (Fsp3) is 0.200. The van der Waals surface area contributed by atoms with E-state index in [2.05, 4.69) is 20.6 Å². The third-order valence-corrected chi connectivity index (χ3v) is 2.08. The first kappa shape index (κ1) is 13.0. The smallest absolute Gasteiger partial charge is 0.319 e. The fourth-order valence-corrected chi connectivity index (χ4v) is 1.33. The molecular weight excluding hydrogens is 263 g/mol. The molecule has 0 atom stereocenters. The quantitative estimate of drug-likeness (QED) is 0.917.